The highest BCUT2D eigenvalue weighted by molar-refractivity contribution is 6.20. The molecule has 7 heteroatoms. The van der Waals surface area contributed by atoms with Gasteiger partial charge in [0, 0.05) is 42.5 Å². The lowest BCUT2D eigenvalue weighted by molar-refractivity contribution is 0.113. The van der Waals surface area contributed by atoms with E-state index in [1.165, 1.54) is 51.6 Å². The highest BCUT2D eigenvalue weighted by atomic mass is 35.5. The van der Waals surface area contributed by atoms with Crippen LogP contribution in [0.2, 0.25) is 0 Å². The van der Waals surface area contributed by atoms with Crippen molar-refractivity contribution in [2.75, 3.05) is 26.2 Å². The zero-order valence-corrected chi connectivity index (χ0v) is 21.2. The maximum absolute atomic E-state index is 10.5. The highest BCUT2D eigenvalue weighted by Gasteiger charge is 2.31. The summed E-state index contributed by atoms with van der Waals surface area (Å²) in [4.78, 5) is 2.68. The predicted molar refractivity (Wildman–Crippen MR) is 138 cm³/mol. The van der Waals surface area contributed by atoms with Gasteiger partial charge in [-0.3, -0.25) is 0 Å². The van der Waals surface area contributed by atoms with E-state index in [4.69, 9.17) is 11.6 Å². The molecule has 33 heavy (non-hydrogen) atoms. The lowest BCUT2D eigenvalue weighted by Gasteiger charge is -2.40. The molecule has 2 aliphatic carbocycles. The van der Waals surface area contributed by atoms with Gasteiger partial charge in [0.2, 0.25) is 0 Å². The van der Waals surface area contributed by atoms with E-state index in [9.17, 15) is 5.11 Å². The summed E-state index contributed by atoms with van der Waals surface area (Å²) in [6.45, 7) is 9.16. The van der Waals surface area contributed by atoms with Crippen molar-refractivity contribution in [3.8, 4) is 0 Å². The number of rotatable bonds is 7. The van der Waals surface area contributed by atoms with Crippen molar-refractivity contribution < 1.29 is 16.1 Å². The Morgan fingerprint density at radius 1 is 1.06 bits per heavy atom. The molecule has 1 saturated heterocycles. The first-order valence-corrected chi connectivity index (χ1v) is 13.1. The molecule has 2 heterocycles. The molecule has 2 fully saturated rings. The van der Waals surface area contributed by atoms with Crippen LogP contribution in [0.4, 0.5) is 0 Å². The van der Waals surface area contributed by atoms with E-state index < -0.39 is 0 Å². The minimum absolute atomic E-state index is 0. The zero-order chi connectivity index (χ0) is 21.8. The van der Waals surface area contributed by atoms with E-state index in [0.717, 1.165) is 30.5 Å². The average molecular weight is 484 g/mol. The summed E-state index contributed by atoms with van der Waals surface area (Å²) < 4.78 is 0. The average Bonchev–Trinajstić information content (AvgIpc) is 2.77. The molecule has 4 rings (SSSR count). The van der Waals surface area contributed by atoms with E-state index in [2.05, 4.69) is 41.5 Å². The number of halogens is 1. The molecule has 7 N–H and O–H groups in total. The third-order valence-electron chi connectivity index (χ3n) is 8.10. The fourth-order valence-electron chi connectivity index (χ4n) is 6.00. The quantitative estimate of drug-likeness (QED) is 0.483. The maximum Gasteiger partial charge on any atom is 0.0989 e. The minimum Gasteiger partial charge on any atom is -0.512 e. The van der Waals surface area contributed by atoms with Gasteiger partial charge in [0.05, 0.1) is 11.8 Å². The number of hydrogen-bond acceptors (Lipinski definition) is 4. The largest absolute Gasteiger partial charge is 0.512 e. The van der Waals surface area contributed by atoms with Gasteiger partial charge in [-0.1, -0.05) is 38.2 Å². The molecular formula is C26H46ClN3O3. The van der Waals surface area contributed by atoms with Gasteiger partial charge in [-0.05, 0) is 69.4 Å². The zero-order valence-electron chi connectivity index (χ0n) is 20.4. The van der Waals surface area contributed by atoms with Crippen LogP contribution in [-0.2, 0) is 0 Å². The maximum atomic E-state index is 10.5. The number of likely N-dealkylation sites (tertiary alicyclic amines) is 1. The molecule has 2 unspecified atom stereocenters. The molecule has 0 amide bonds. The van der Waals surface area contributed by atoms with Crippen LogP contribution in [0.3, 0.4) is 0 Å². The molecular weight excluding hydrogens is 438 g/mol. The second-order valence-corrected chi connectivity index (χ2v) is 11.2. The molecule has 0 aromatic heterocycles. The van der Waals surface area contributed by atoms with Gasteiger partial charge >= 0.3 is 0 Å². The Morgan fingerprint density at radius 2 is 1.73 bits per heavy atom. The number of piperidine rings is 1. The summed E-state index contributed by atoms with van der Waals surface area (Å²) in [5.41, 5.74) is 1.03. The van der Waals surface area contributed by atoms with E-state index in [1.54, 1.807) is 0 Å². The van der Waals surface area contributed by atoms with E-state index in [-0.39, 0.29) is 23.0 Å². The molecule has 0 bridgehead atoms. The summed E-state index contributed by atoms with van der Waals surface area (Å²) in [5.74, 6) is 2.97. The SMILES string of the molecule is CC(C)[C@H](CN1CCC(C2CCC(Cl)CC2)CC1)NCC1CC(O)=C2C=CC=CC2N1.O.O. The number of nitrogens with one attached hydrogen (secondary N) is 2. The summed E-state index contributed by atoms with van der Waals surface area (Å²) in [5, 5.41) is 18.4. The molecule has 6 nitrogen and oxygen atoms in total. The standard InChI is InChI=1S/C26H42ClN3O.2H2O/c1-18(2)25(28-16-22-15-26(31)23-5-3-4-6-24(23)29-22)17-30-13-11-20(12-14-30)19-7-9-21(27)10-8-19;;/h3-6,18-22,24-25,28-29,31H,7-17H2,1-2H3;2*1H2/t19?,21?,22?,24?,25-;;/m0../s1. The van der Waals surface area contributed by atoms with Gasteiger partial charge < -0.3 is 31.6 Å². The van der Waals surface area contributed by atoms with E-state index in [1.807, 2.05) is 12.2 Å². The van der Waals surface area contributed by atoms with E-state index >= 15 is 0 Å². The number of allylic oxidation sites excluding steroid dienone is 2. The van der Waals surface area contributed by atoms with Gasteiger partial charge in [-0.15, -0.1) is 11.6 Å². The van der Waals surface area contributed by atoms with Crippen molar-refractivity contribution in [2.24, 2.45) is 17.8 Å². The highest BCUT2D eigenvalue weighted by Crippen LogP contribution is 2.37. The number of hydrogen-bond donors (Lipinski definition) is 3. The van der Waals surface area contributed by atoms with Gasteiger partial charge in [0.15, 0.2) is 0 Å². The predicted octanol–water partition coefficient (Wildman–Crippen LogP) is 3.13. The van der Waals surface area contributed by atoms with E-state index in [0.29, 0.717) is 29.5 Å². The number of aliphatic hydroxyl groups excluding tert-OH is 1. The number of alkyl halides is 1. The van der Waals surface area contributed by atoms with Crippen LogP contribution in [0.15, 0.2) is 35.6 Å². The van der Waals surface area contributed by atoms with Crippen LogP contribution >= 0.6 is 11.6 Å². The molecule has 3 atom stereocenters. The van der Waals surface area contributed by atoms with Crippen LogP contribution in [0, 0.1) is 17.8 Å². The van der Waals surface area contributed by atoms with Gasteiger partial charge in [-0.25, -0.2) is 0 Å². The topological polar surface area (TPSA) is 111 Å². The first kappa shape index (κ1) is 28.3. The summed E-state index contributed by atoms with van der Waals surface area (Å²) in [6, 6.07) is 0.907. The second kappa shape index (κ2) is 13.3. The van der Waals surface area contributed by atoms with Gasteiger partial charge in [0.1, 0.15) is 0 Å². The number of nitrogens with zero attached hydrogens (tertiary/aromatic N) is 1. The molecule has 0 aromatic rings. The first-order valence-electron chi connectivity index (χ1n) is 12.6. The molecule has 190 valence electrons. The van der Waals surface area contributed by atoms with Crippen molar-refractivity contribution in [3.05, 3.63) is 35.6 Å². The Kier molecular flexibility index (Phi) is 11.4. The third kappa shape index (κ3) is 7.55. The Balaban J connectivity index is 0.00000193. The monoisotopic (exact) mass is 483 g/mol. The first-order chi connectivity index (χ1) is 15.0. The number of fused-ring (bicyclic) bond motifs is 1. The fraction of sp³-hybridized carbons (Fsp3) is 0.769. The lowest BCUT2D eigenvalue weighted by atomic mass is 9.75. The van der Waals surface area contributed by atoms with Crippen molar-refractivity contribution in [2.45, 2.75) is 82.3 Å². The summed E-state index contributed by atoms with van der Waals surface area (Å²) in [6.07, 6.45) is 16.8. The van der Waals surface area contributed by atoms with Crippen molar-refractivity contribution in [3.63, 3.8) is 0 Å². The van der Waals surface area contributed by atoms with Gasteiger partial charge in [-0.2, -0.15) is 0 Å². The lowest BCUT2D eigenvalue weighted by Crippen LogP contribution is -2.53. The van der Waals surface area contributed by atoms with Crippen molar-refractivity contribution in [1.29, 1.82) is 0 Å². The molecule has 0 spiro atoms. The van der Waals surface area contributed by atoms with Crippen LogP contribution in [0.5, 0.6) is 0 Å². The van der Waals surface area contributed by atoms with Crippen molar-refractivity contribution >= 4 is 11.6 Å². The van der Waals surface area contributed by atoms with Crippen molar-refractivity contribution in [1.82, 2.24) is 15.5 Å². The second-order valence-electron chi connectivity index (χ2n) is 10.6. The Bertz CT molecular complexity index is 680. The van der Waals surface area contributed by atoms with Crippen LogP contribution in [-0.4, -0.2) is 70.6 Å². The number of aliphatic hydroxyl groups is 1. The third-order valence-corrected chi connectivity index (χ3v) is 8.54. The van der Waals surface area contributed by atoms with Crippen LogP contribution in [0.25, 0.3) is 0 Å². The minimum atomic E-state index is 0. The molecule has 2 aliphatic heterocycles. The summed E-state index contributed by atoms with van der Waals surface area (Å²) >= 11 is 6.32. The Morgan fingerprint density at radius 3 is 2.39 bits per heavy atom. The Hall–Kier alpha value is -0.890. The molecule has 4 aliphatic rings. The fourth-order valence-corrected chi connectivity index (χ4v) is 6.25. The Labute approximate surface area is 205 Å². The van der Waals surface area contributed by atoms with Crippen LogP contribution in [0.1, 0.15) is 58.8 Å². The van der Waals surface area contributed by atoms with Crippen LogP contribution < -0.4 is 10.6 Å². The molecule has 1 saturated carbocycles. The molecule has 0 radical (unpaired) electrons. The summed E-state index contributed by atoms with van der Waals surface area (Å²) in [7, 11) is 0. The smallest absolute Gasteiger partial charge is 0.0989 e. The normalized spacial score (nSPS) is 31.6. The molecule has 0 aromatic carbocycles. The van der Waals surface area contributed by atoms with Gasteiger partial charge in [0.25, 0.3) is 0 Å².